The molecule has 2 saturated heterocycles. The molecule has 0 aromatic heterocycles. The van der Waals surface area contributed by atoms with Crippen LogP contribution >= 0.6 is 0 Å². The lowest BCUT2D eigenvalue weighted by Crippen LogP contribution is -2.82. The highest BCUT2D eigenvalue weighted by molar-refractivity contribution is 6.00. The van der Waals surface area contributed by atoms with Crippen molar-refractivity contribution in [2.75, 3.05) is 20.3 Å². The van der Waals surface area contributed by atoms with Gasteiger partial charge in [0.2, 0.25) is 5.79 Å². The van der Waals surface area contributed by atoms with Crippen LogP contribution in [0.4, 0.5) is 0 Å². The minimum atomic E-state index is -1.94. The molecule has 0 unspecified atom stereocenters. The number of hydrogen-bond acceptors (Lipinski definition) is 6. The van der Waals surface area contributed by atoms with Gasteiger partial charge in [-0.3, -0.25) is 9.59 Å². The summed E-state index contributed by atoms with van der Waals surface area (Å²) in [5, 5.41) is 23.0. The number of carbonyl (C=O) groups is 2. The van der Waals surface area contributed by atoms with Crippen molar-refractivity contribution >= 4 is 11.6 Å². The number of aliphatic hydroxyl groups excluding tert-OH is 1. The maximum absolute atomic E-state index is 13.7. The highest BCUT2D eigenvalue weighted by Gasteiger charge is 2.84. The number of fused-ring (bicyclic) bond motifs is 2. The Balaban J connectivity index is 1.74. The third-order valence-corrected chi connectivity index (χ3v) is 8.69. The van der Waals surface area contributed by atoms with Crippen LogP contribution in [0.2, 0.25) is 0 Å². The lowest BCUT2D eigenvalue weighted by Gasteiger charge is -2.71. The van der Waals surface area contributed by atoms with E-state index in [4.69, 9.17) is 9.47 Å². The van der Waals surface area contributed by atoms with E-state index in [1.807, 2.05) is 19.9 Å². The number of carbonyl (C=O) groups excluding carboxylic acids is 2. The smallest absolute Gasteiger partial charge is 0.205 e. The van der Waals surface area contributed by atoms with Crippen LogP contribution in [0.15, 0.2) is 12.2 Å². The molecule has 5 fully saturated rings. The third-order valence-electron chi connectivity index (χ3n) is 8.69. The van der Waals surface area contributed by atoms with Crippen LogP contribution in [-0.2, 0) is 19.1 Å². The molecule has 0 aromatic carbocycles. The van der Waals surface area contributed by atoms with Crippen LogP contribution in [0.1, 0.15) is 33.1 Å². The highest BCUT2D eigenvalue weighted by atomic mass is 16.6. The fraction of sp³-hybridized carbons (Fsp3) is 0.810. The average Bonchev–Trinajstić information content (AvgIpc) is 2.83. The Morgan fingerprint density at radius 1 is 1.30 bits per heavy atom. The Kier molecular flexibility index (Phi) is 3.39. The van der Waals surface area contributed by atoms with Crippen LogP contribution in [0, 0.1) is 39.9 Å². The molecule has 2 heterocycles. The maximum atomic E-state index is 13.7. The Bertz CT molecular complexity index is 758. The number of hydrogen-bond donors (Lipinski definition) is 2. The fourth-order valence-electron chi connectivity index (χ4n) is 7.75. The Hall–Kier alpha value is -1.08. The molecule has 6 aliphatic rings. The summed E-state index contributed by atoms with van der Waals surface area (Å²) in [6.45, 7) is 4.34. The summed E-state index contributed by atoms with van der Waals surface area (Å²) in [7, 11) is 1.57. The summed E-state index contributed by atoms with van der Waals surface area (Å²) in [6.07, 6.45) is 4.15. The van der Waals surface area contributed by atoms with Gasteiger partial charge in [0.1, 0.15) is 6.10 Å². The maximum Gasteiger partial charge on any atom is 0.205 e. The van der Waals surface area contributed by atoms with Crippen molar-refractivity contribution in [1.29, 1.82) is 0 Å². The summed E-state index contributed by atoms with van der Waals surface area (Å²) in [5.74, 6) is -3.08. The first-order chi connectivity index (χ1) is 12.7. The molecule has 2 aliphatic heterocycles. The van der Waals surface area contributed by atoms with Gasteiger partial charge in [-0.2, -0.15) is 0 Å². The van der Waals surface area contributed by atoms with Gasteiger partial charge in [0.15, 0.2) is 11.6 Å². The van der Waals surface area contributed by atoms with Crippen LogP contribution < -0.4 is 0 Å². The molecular formula is C21H28O6. The molecule has 0 radical (unpaired) electrons. The first-order valence-corrected chi connectivity index (χ1v) is 9.98. The molecule has 4 bridgehead atoms. The Labute approximate surface area is 158 Å². The van der Waals surface area contributed by atoms with E-state index in [-0.39, 0.29) is 35.9 Å². The zero-order chi connectivity index (χ0) is 19.4. The third kappa shape index (κ3) is 1.69. The number of ketones is 2. The number of Topliss-reactive ketones (excluding diaryl/α,β-unsaturated/α-hetero) is 1. The van der Waals surface area contributed by atoms with Gasteiger partial charge in [-0.1, -0.05) is 19.9 Å². The van der Waals surface area contributed by atoms with Gasteiger partial charge in [0.05, 0.1) is 24.0 Å². The summed E-state index contributed by atoms with van der Waals surface area (Å²) in [6, 6.07) is 0. The van der Waals surface area contributed by atoms with Gasteiger partial charge in [-0.15, -0.1) is 0 Å². The van der Waals surface area contributed by atoms with Crippen LogP contribution in [0.25, 0.3) is 0 Å². The second kappa shape index (κ2) is 5.09. The molecule has 148 valence electrons. The van der Waals surface area contributed by atoms with Gasteiger partial charge in [0, 0.05) is 18.9 Å². The minimum Gasteiger partial charge on any atom is -0.387 e. The predicted molar refractivity (Wildman–Crippen MR) is 94.4 cm³/mol. The number of aliphatic hydroxyl groups is 2. The van der Waals surface area contributed by atoms with Gasteiger partial charge in [-0.25, -0.2) is 0 Å². The van der Waals surface area contributed by atoms with Crippen molar-refractivity contribution in [2.45, 2.75) is 45.0 Å². The van der Waals surface area contributed by atoms with E-state index in [2.05, 4.69) is 0 Å². The number of allylic oxidation sites excluding steroid dienone is 2. The van der Waals surface area contributed by atoms with Gasteiger partial charge >= 0.3 is 0 Å². The molecule has 6 nitrogen and oxygen atoms in total. The first-order valence-electron chi connectivity index (χ1n) is 9.98. The van der Waals surface area contributed by atoms with Crippen LogP contribution in [0.5, 0.6) is 0 Å². The van der Waals surface area contributed by atoms with E-state index in [1.165, 1.54) is 0 Å². The molecule has 6 heteroatoms. The van der Waals surface area contributed by atoms with Gasteiger partial charge in [-0.05, 0) is 42.6 Å². The lowest BCUT2D eigenvalue weighted by molar-refractivity contribution is -0.422. The van der Waals surface area contributed by atoms with Crippen molar-refractivity contribution in [1.82, 2.24) is 0 Å². The molecule has 2 spiro atoms. The molecular weight excluding hydrogens is 348 g/mol. The van der Waals surface area contributed by atoms with Crippen molar-refractivity contribution in [2.24, 2.45) is 39.9 Å². The van der Waals surface area contributed by atoms with Crippen molar-refractivity contribution in [3.8, 4) is 0 Å². The van der Waals surface area contributed by atoms with E-state index < -0.39 is 34.1 Å². The zero-order valence-electron chi connectivity index (χ0n) is 16.1. The van der Waals surface area contributed by atoms with Gasteiger partial charge in [0.25, 0.3) is 0 Å². The summed E-state index contributed by atoms with van der Waals surface area (Å²) in [5.41, 5.74) is -2.65. The Morgan fingerprint density at radius 3 is 2.74 bits per heavy atom. The highest BCUT2D eigenvalue weighted by Crippen LogP contribution is 2.75. The zero-order valence-corrected chi connectivity index (χ0v) is 16.1. The van der Waals surface area contributed by atoms with Crippen molar-refractivity contribution in [3.63, 3.8) is 0 Å². The molecule has 3 saturated carbocycles. The minimum absolute atomic E-state index is 0.0666. The fourth-order valence-corrected chi connectivity index (χ4v) is 7.75. The van der Waals surface area contributed by atoms with Crippen molar-refractivity contribution < 1.29 is 29.3 Å². The topological polar surface area (TPSA) is 93.1 Å². The van der Waals surface area contributed by atoms with E-state index in [9.17, 15) is 19.8 Å². The quantitative estimate of drug-likeness (QED) is 0.750. The number of ether oxygens (including phenoxy) is 2. The molecule has 0 aromatic rings. The second-order valence-electron chi connectivity index (χ2n) is 9.96. The molecule has 27 heavy (non-hydrogen) atoms. The van der Waals surface area contributed by atoms with Crippen LogP contribution in [-0.4, -0.2) is 54.0 Å². The monoisotopic (exact) mass is 376 g/mol. The Morgan fingerprint density at radius 2 is 2.04 bits per heavy atom. The SMILES string of the molecule is COC[C@H]1C(=O)[C@]23C[C@H]1CC[C@H]2[C@@]12CO[C@]3(O)[C@@H](O)[C@@H]1C(C)(C)C=CC2=O. The van der Waals surface area contributed by atoms with E-state index in [0.717, 1.165) is 6.42 Å². The number of rotatable bonds is 2. The molecule has 0 amide bonds. The lowest BCUT2D eigenvalue weighted by atomic mass is 9.37. The summed E-state index contributed by atoms with van der Waals surface area (Å²) < 4.78 is 11.2. The molecule has 2 N–H and O–H groups in total. The summed E-state index contributed by atoms with van der Waals surface area (Å²) in [4.78, 5) is 26.9. The van der Waals surface area contributed by atoms with Gasteiger partial charge < -0.3 is 19.7 Å². The molecule has 8 atom stereocenters. The molecule has 4 aliphatic carbocycles. The van der Waals surface area contributed by atoms with E-state index in [1.54, 1.807) is 13.2 Å². The number of methoxy groups -OCH3 is 1. The van der Waals surface area contributed by atoms with Crippen molar-refractivity contribution in [3.05, 3.63) is 12.2 Å². The van der Waals surface area contributed by atoms with E-state index in [0.29, 0.717) is 19.4 Å². The predicted octanol–water partition coefficient (Wildman–Crippen LogP) is 1.10. The van der Waals surface area contributed by atoms with E-state index >= 15 is 0 Å². The normalized spacial score (nSPS) is 54.8. The summed E-state index contributed by atoms with van der Waals surface area (Å²) >= 11 is 0. The first kappa shape index (κ1) is 18.0. The molecule has 6 rings (SSSR count). The largest absolute Gasteiger partial charge is 0.387 e. The standard InChI is InChI=1S/C21H28O6/c1-18(2)7-6-14(22)19-10-27-21(25,17(24)15(18)19)20-8-11(4-5-13(19)20)12(9-26-3)16(20)23/h6-7,11-13,15,17,24-25H,4-5,8-10H2,1-3H3/t11-,12-,13+,15-,17+,19-,20+,21-/m1/s1. The van der Waals surface area contributed by atoms with Crippen LogP contribution in [0.3, 0.4) is 0 Å². The average molecular weight is 376 g/mol. The second-order valence-corrected chi connectivity index (χ2v) is 9.96.